The average molecular weight is 322 g/mol. The zero-order valence-corrected chi connectivity index (χ0v) is 11.6. The normalized spacial score (nSPS) is 22.9. The molecule has 21 heavy (non-hydrogen) atoms. The monoisotopic (exact) mass is 322 g/mol. The number of hydrogen-bond donors (Lipinski definition) is 1. The zero-order chi connectivity index (χ0) is 15.8. The Labute approximate surface area is 119 Å². The lowest BCUT2D eigenvalue weighted by Crippen LogP contribution is -2.23. The highest BCUT2D eigenvalue weighted by atomic mass is 32.2. The van der Waals surface area contributed by atoms with Gasteiger partial charge in [0, 0.05) is 0 Å². The smallest absolute Gasteiger partial charge is 0.416 e. The van der Waals surface area contributed by atoms with E-state index < -0.39 is 39.4 Å². The summed E-state index contributed by atoms with van der Waals surface area (Å²) >= 11 is 0. The molecule has 8 heteroatoms. The van der Waals surface area contributed by atoms with Crippen molar-refractivity contribution in [2.45, 2.75) is 18.5 Å². The number of rotatable bonds is 3. The molecule has 2 rings (SSSR count). The fraction of sp³-hybridized carbons (Fsp3) is 0.462. The minimum Gasteiger partial charge on any atom is -0.481 e. The second-order valence-electron chi connectivity index (χ2n) is 5.10. The van der Waals surface area contributed by atoms with Crippen molar-refractivity contribution < 1.29 is 31.5 Å². The van der Waals surface area contributed by atoms with Gasteiger partial charge in [-0.3, -0.25) is 4.79 Å². The lowest BCUT2D eigenvalue weighted by atomic mass is 9.85. The summed E-state index contributed by atoms with van der Waals surface area (Å²) < 4.78 is 61.0. The van der Waals surface area contributed by atoms with E-state index in [2.05, 4.69) is 0 Å². The van der Waals surface area contributed by atoms with E-state index in [1.54, 1.807) is 0 Å². The van der Waals surface area contributed by atoms with E-state index in [0.717, 1.165) is 18.2 Å². The van der Waals surface area contributed by atoms with Gasteiger partial charge in [0.2, 0.25) is 0 Å². The third-order valence-corrected chi connectivity index (χ3v) is 5.37. The van der Waals surface area contributed by atoms with Crippen LogP contribution in [0.15, 0.2) is 24.3 Å². The molecule has 1 N–H and O–H groups in total. The van der Waals surface area contributed by atoms with Gasteiger partial charge >= 0.3 is 12.1 Å². The number of carbonyl (C=O) groups is 1. The second-order valence-corrected chi connectivity index (χ2v) is 7.33. The first-order chi connectivity index (χ1) is 9.60. The number of alkyl halides is 3. The van der Waals surface area contributed by atoms with Crippen molar-refractivity contribution in [1.82, 2.24) is 0 Å². The largest absolute Gasteiger partial charge is 0.481 e. The van der Waals surface area contributed by atoms with E-state index in [0.29, 0.717) is 0 Å². The Kier molecular flexibility index (Phi) is 4.01. The first-order valence-corrected chi connectivity index (χ1v) is 8.03. The third kappa shape index (κ3) is 3.55. The topological polar surface area (TPSA) is 71.4 Å². The highest BCUT2D eigenvalue weighted by Gasteiger charge is 2.39. The van der Waals surface area contributed by atoms with Crippen LogP contribution in [0.25, 0.3) is 0 Å². The van der Waals surface area contributed by atoms with E-state index in [-0.39, 0.29) is 23.5 Å². The van der Waals surface area contributed by atoms with Crippen molar-refractivity contribution in [3.8, 4) is 0 Å². The van der Waals surface area contributed by atoms with Gasteiger partial charge < -0.3 is 5.11 Å². The van der Waals surface area contributed by atoms with Crippen LogP contribution >= 0.6 is 0 Å². The Morgan fingerprint density at radius 2 is 2.00 bits per heavy atom. The molecule has 2 unspecified atom stereocenters. The molecule has 1 heterocycles. The lowest BCUT2D eigenvalue weighted by Gasteiger charge is -2.19. The van der Waals surface area contributed by atoms with Crippen molar-refractivity contribution in [2.24, 2.45) is 5.92 Å². The third-order valence-electron chi connectivity index (χ3n) is 3.58. The Bertz CT molecular complexity index is 652. The minimum absolute atomic E-state index is 0.0144. The zero-order valence-electron chi connectivity index (χ0n) is 10.8. The molecule has 1 aromatic rings. The number of carboxylic acid groups (broad SMARTS) is 1. The molecule has 4 nitrogen and oxygen atoms in total. The van der Waals surface area contributed by atoms with Gasteiger partial charge in [0.25, 0.3) is 0 Å². The molecule has 1 aliphatic rings. The lowest BCUT2D eigenvalue weighted by molar-refractivity contribution is -0.141. The van der Waals surface area contributed by atoms with Crippen LogP contribution in [0.5, 0.6) is 0 Å². The first kappa shape index (κ1) is 15.8. The highest BCUT2D eigenvalue weighted by Crippen LogP contribution is 2.36. The Morgan fingerprint density at radius 1 is 1.33 bits per heavy atom. The van der Waals surface area contributed by atoms with Gasteiger partial charge in [0.15, 0.2) is 9.84 Å². The molecule has 0 aliphatic carbocycles. The Morgan fingerprint density at radius 3 is 2.48 bits per heavy atom. The van der Waals surface area contributed by atoms with Crippen LogP contribution in [-0.4, -0.2) is 31.0 Å². The van der Waals surface area contributed by atoms with Crippen LogP contribution in [0.1, 0.15) is 23.5 Å². The van der Waals surface area contributed by atoms with Gasteiger partial charge in [-0.2, -0.15) is 13.2 Å². The maximum Gasteiger partial charge on any atom is 0.416 e. The molecule has 0 bridgehead atoms. The molecule has 1 aliphatic heterocycles. The van der Waals surface area contributed by atoms with Gasteiger partial charge in [0.05, 0.1) is 23.0 Å². The molecule has 0 aromatic heterocycles. The summed E-state index contributed by atoms with van der Waals surface area (Å²) in [4.78, 5) is 11.4. The molecule has 1 fully saturated rings. The first-order valence-electron chi connectivity index (χ1n) is 6.20. The molecule has 0 saturated carbocycles. The number of benzene rings is 1. The molecule has 1 saturated heterocycles. The standard InChI is InChI=1S/C13H13F3O4S/c14-13(15,16)10-3-1-2-8(6-10)11(12(17)18)9-4-5-21(19,20)7-9/h1-3,6,9,11H,4-5,7H2,(H,17,18). The van der Waals surface area contributed by atoms with Gasteiger partial charge in [-0.25, -0.2) is 8.42 Å². The van der Waals surface area contributed by atoms with E-state index >= 15 is 0 Å². The molecule has 0 spiro atoms. The summed E-state index contributed by atoms with van der Waals surface area (Å²) in [5.41, 5.74) is -0.952. The fourth-order valence-corrected chi connectivity index (χ4v) is 4.45. The molecule has 1 aromatic carbocycles. The second kappa shape index (κ2) is 5.32. The molecule has 116 valence electrons. The average Bonchev–Trinajstić information content (AvgIpc) is 2.68. The number of sulfone groups is 1. The molecular formula is C13H13F3O4S. The maximum atomic E-state index is 12.7. The van der Waals surface area contributed by atoms with Crippen molar-refractivity contribution in [1.29, 1.82) is 0 Å². The van der Waals surface area contributed by atoms with E-state index in [4.69, 9.17) is 0 Å². The molecular weight excluding hydrogens is 309 g/mol. The van der Waals surface area contributed by atoms with Crippen LogP contribution < -0.4 is 0 Å². The summed E-state index contributed by atoms with van der Waals surface area (Å²) in [7, 11) is -3.31. The minimum atomic E-state index is -4.57. The summed E-state index contributed by atoms with van der Waals surface area (Å²) in [5.74, 6) is -3.68. The number of hydrogen-bond acceptors (Lipinski definition) is 3. The maximum absolute atomic E-state index is 12.7. The summed E-state index contributed by atoms with van der Waals surface area (Å²) in [6.07, 6.45) is -4.42. The van der Waals surface area contributed by atoms with Crippen molar-refractivity contribution in [2.75, 3.05) is 11.5 Å². The van der Waals surface area contributed by atoms with Crippen LogP contribution in [0.4, 0.5) is 13.2 Å². The molecule has 0 radical (unpaired) electrons. The van der Waals surface area contributed by atoms with E-state index in [1.165, 1.54) is 6.07 Å². The van der Waals surface area contributed by atoms with Gasteiger partial charge in [-0.05, 0) is 24.0 Å². The summed E-state index contributed by atoms with van der Waals surface area (Å²) in [6, 6.07) is 4.06. The number of aliphatic carboxylic acids is 1. The van der Waals surface area contributed by atoms with Crippen molar-refractivity contribution >= 4 is 15.8 Å². The summed E-state index contributed by atoms with van der Waals surface area (Å²) in [5, 5.41) is 9.27. The van der Waals surface area contributed by atoms with Crippen LogP contribution in [0.3, 0.4) is 0 Å². The van der Waals surface area contributed by atoms with Crippen LogP contribution in [0.2, 0.25) is 0 Å². The summed E-state index contributed by atoms with van der Waals surface area (Å²) in [6.45, 7) is 0. The number of halogens is 3. The van der Waals surface area contributed by atoms with Crippen LogP contribution in [-0.2, 0) is 20.8 Å². The Hall–Kier alpha value is -1.57. The van der Waals surface area contributed by atoms with E-state index in [9.17, 15) is 31.5 Å². The number of carboxylic acids is 1. The van der Waals surface area contributed by atoms with Gasteiger partial charge in [0.1, 0.15) is 0 Å². The van der Waals surface area contributed by atoms with Gasteiger partial charge in [-0.15, -0.1) is 0 Å². The Balaban J connectivity index is 2.38. The molecule has 2 atom stereocenters. The molecule has 0 amide bonds. The predicted octanol–water partition coefficient (Wildman–Crippen LogP) is 2.31. The van der Waals surface area contributed by atoms with Crippen molar-refractivity contribution in [3.63, 3.8) is 0 Å². The highest BCUT2D eigenvalue weighted by molar-refractivity contribution is 7.91. The van der Waals surface area contributed by atoms with Gasteiger partial charge in [-0.1, -0.05) is 18.2 Å². The van der Waals surface area contributed by atoms with Crippen LogP contribution in [0, 0.1) is 5.92 Å². The van der Waals surface area contributed by atoms with Crippen molar-refractivity contribution in [3.05, 3.63) is 35.4 Å². The SMILES string of the molecule is O=C(O)C(c1cccc(C(F)(F)F)c1)C1CCS(=O)(=O)C1. The fourth-order valence-electron chi connectivity index (χ4n) is 2.61. The predicted molar refractivity (Wildman–Crippen MR) is 68.6 cm³/mol. The quantitative estimate of drug-likeness (QED) is 0.927. The van der Waals surface area contributed by atoms with E-state index in [1.807, 2.05) is 0 Å².